The topological polar surface area (TPSA) is 66.4 Å². The first kappa shape index (κ1) is 14.5. The first-order chi connectivity index (χ1) is 8.32. The van der Waals surface area contributed by atoms with E-state index in [1.807, 2.05) is 26.0 Å². The Hall–Kier alpha value is -1.52. The summed E-state index contributed by atoms with van der Waals surface area (Å²) in [5.41, 5.74) is 2.36. The zero-order valence-corrected chi connectivity index (χ0v) is 11.3. The van der Waals surface area contributed by atoms with Crippen LogP contribution in [0, 0.1) is 13.8 Å². The number of anilines is 1. The van der Waals surface area contributed by atoms with Crippen molar-refractivity contribution < 1.29 is 14.7 Å². The number of hydrogen-bond acceptors (Lipinski definition) is 2. The second kappa shape index (κ2) is 5.89. The van der Waals surface area contributed by atoms with Crippen LogP contribution in [0.5, 0.6) is 0 Å². The van der Waals surface area contributed by atoms with Gasteiger partial charge in [-0.3, -0.25) is 4.79 Å². The maximum Gasteiger partial charge on any atom is 0.349 e. The van der Waals surface area contributed by atoms with E-state index in [4.69, 9.17) is 28.3 Å². The molecule has 0 aliphatic carbocycles. The fraction of sp³-hybridized carbons (Fsp3) is 0.167. The second-order valence-corrected chi connectivity index (χ2v) is 4.46. The minimum absolute atomic E-state index is 0.551. The van der Waals surface area contributed by atoms with Crippen molar-refractivity contribution in [2.45, 2.75) is 13.8 Å². The van der Waals surface area contributed by atoms with E-state index < -0.39 is 21.9 Å². The molecule has 0 heterocycles. The smallest absolute Gasteiger partial charge is 0.349 e. The number of aliphatic carboxylic acids is 1. The molecule has 0 fully saturated rings. The Morgan fingerprint density at radius 3 is 2.33 bits per heavy atom. The number of carboxylic acids is 1. The number of rotatable bonds is 3. The molecule has 96 valence electrons. The molecule has 0 aliphatic rings. The highest BCUT2D eigenvalue weighted by Crippen LogP contribution is 2.20. The third-order valence-corrected chi connectivity index (χ3v) is 3.03. The number of nitrogens with one attached hydrogen (secondary N) is 1. The van der Waals surface area contributed by atoms with Crippen LogP contribution in [0.4, 0.5) is 5.69 Å². The van der Waals surface area contributed by atoms with Crippen LogP contribution in [0.2, 0.25) is 0 Å². The van der Waals surface area contributed by atoms with Crippen molar-refractivity contribution >= 4 is 40.8 Å². The molecular formula is C12H11Cl2NO3. The summed E-state index contributed by atoms with van der Waals surface area (Å²) in [5, 5.41) is 9.86. The van der Waals surface area contributed by atoms with E-state index in [-0.39, 0.29) is 0 Å². The van der Waals surface area contributed by atoms with Gasteiger partial charge in [-0.25, -0.2) is 4.79 Å². The molecule has 0 radical (unpaired) electrons. The minimum Gasteiger partial charge on any atom is -0.477 e. The van der Waals surface area contributed by atoms with Crippen LogP contribution in [0.25, 0.3) is 0 Å². The molecule has 6 heteroatoms. The summed E-state index contributed by atoms with van der Waals surface area (Å²) in [6, 6.07) is 5.49. The fourth-order valence-electron chi connectivity index (χ4n) is 1.24. The molecule has 0 unspecified atom stereocenters. The number of amides is 1. The highest BCUT2D eigenvalue weighted by Gasteiger charge is 2.17. The van der Waals surface area contributed by atoms with E-state index in [1.54, 1.807) is 6.07 Å². The van der Waals surface area contributed by atoms with Crippen molar-refractivity contribution in [2.75, 3.05) is 5.32 Å². The van der Waals surface area contributed by atoms with Crippen LogP contribution in [0.15, 0.2) is 28.3 Å². The molecule has 1 aromatic carbocycles. The second-order valence-electron chi connectivity index (χ2n) is 3.71. The summed E-state index contributed by atoms with van der Waals surface area (Å²) < 4.78 is 0. The maximum absolute atomic E-state index is 11.7. The summed E-state index contributed by atoms with van der Waals surface area (Å²) in [7, 11) is 0. The standard InChI is InChI=1S/C12H11Cl2NO3/c1-6-3-4-7(2)8(5-6)15-11(16)9(13)10(14)12(17)18/h3-5H,1-2H3,(H,15,16)(H,17,18)/b10-9+. The molecule has 0 aromatic heterocycles. The van der Waals surface area contributed by atoms with Gasteiger partial charge in [0.15, 0.2) is 0 Å². The van der Waals surface area contributed by atoms with E-state index in [0.717, 1.165) is 11.1 Å². The third-order valence-electron chi connectivity index (χ3n) is 2.22. The van der Waals surface area contributed by atoms with Gasteiger partial charge in [-0.05, 0) is 31.0 Å². The summed E-state index contributed by atoms with van der Waals surface area (Å²) in [6.45, 7) is 3.68. The van der Waals surface area contributed by atoms with Gasteiger partial charge in [-0.2, -0.15) is 0 Å². The van der Waals surface area contributed by atoms with Crippen molar-refractivity contribution in [1.82, 2.24) is 0 Å². The Bertz CT molecular complexity index is 538. The fourth-order valence-corrected chi connectivity index (χ4v) is 1.46. The van der Waals surface area contributed by atoms with Crippen LogP contribution in [0.3, 0.4) is 0 Å². The zero-order valence-electron chi connectivity index (χ0n) is 9.75. The largest absolute Gasteiger partial charge is 0.477 e. The van der Waals surface area contributed by atoms with Crippen LogP contribution in [0.1, 0.15) is 11.1 Å². The SMILES string of the molecule is Cc1ccc(C)c(NC(=O)/C(Cl)=C(\Cl)C(=O)O)c1. The van der Waals surface area contributed by atoms with E-state index in [0.29, 0.717) is 5.69 Å². The van der Waals surface area contributed by atoms with Crippen molar-refractivity contribution in [2.24, 2.45) is 0 Å². The number of halogens is 2. The van der Waals surface area contributed by atoms with Gasteiger partial charge in [0.2, 0.25) is 0 Å². The number of carbonyl (C=O) groups excluding carboxylic acids is 1. The van der Waals surface area contributed by atoms with Gasteiger partial charge in [-0.1, -0.05) is 35.3 Å². The molecule has 0 spiro atoms. The zero-order chi connectivity index (χ0) is 13.9. The van der Waals surface area contributed by atoms with E-state index in [9.17, 15) is 9.59 Å². The first-order valence-electron chi connectivity index (χ1n) is 5.00. The van der Waals surface area contributed by atoms with Crippen LogP contribution in [-0.4, -0.2) is 17.0 Å². The van der Waals surface area contributed by atoms with Crippen LogP contribution in [-0.2, 0) is 9.59 Å². The number of carboxylic acid groups (broad SMARTS) is 1. The molecule has 0 atom stereocenters. The van der Waals surface area contributed by atoms with E-state index in [2.05, 4.69) is 5.32 Å². The molecule has 2 N–H and O–H groups in total. The van der Waals surface area contributed by atoms with Crippen molar-refractivity contribution in [3.63, 3.8) is 0 Å². The summed E-state index contributed by atoms with van der Waals surface area (Å²) in [4.78, 5) is 22.2. The molecule has 18 heavy (non-hydrogen) atoms. The van der Waals surface area contributed by atoms with Crippen LogP contribution >= 0.6 is 23.2 Å². The first-order valence-corrected chi connectivity index (χ1v) is 5.75. The molecule has 4 nitrogen and oxygen atoms in total. The van der Waals surface area contributed by atoms with Crippen molar-refractivity contribution in [3.05, 3.63) is 39.4 Å². The Morgan fingerprint density at radius 2 is 1.78 bits per heavy atom. The van der Waals surface area contributed by atoms with Gasteiger partial charge in [0.25, 0.3) is 5.91 Å². The number of carbonyl (C=O) groups is 2. The summed E-state index contributed by atoms with van der Waals surface area (Å²) >= 11 is 11.0. The molecule has 0 aliphatic heterocycles. The Labute approximate surface area is 114 Å². The predicted molar refractivity (Wildman–Crippen MR) is 70.9 cm³/mol. The predicted octanol–water partition coefficient (Wildman–Crippen LogP) is 3.02. The van der Waals surface area contributed by atoms with E-state index >= 15 is 0 Å². The Kier molecular flexibility index (Phi) is 4.76. The summed E-state index contributed by atoms with van der Waals surface area (Å²) in [6.07, 6.45) is 0. The molecule has 0 bridgehead atoms. The Morgan fingerprint density at radius 1 is 1.17 bits per heavy atom. The van der Waals surface area contributed by atoms with Crippen molar-refractivity contribution in [3.8, 4) is 0 Å². The van der Waals surface area contributed by atoms with E-state index in [1.165, 1.54) is 0 Å². The highest BCUT2D eigenvalue weighted by atomic mass is 35.5. The molecule has 1 rings (SSSR count). The Balaban J connectivity index is 2.98. The lowest BCUT2D eigenvalue weighted by molar-refractivity contribution is -0.132. The quantitative estimate of drug-likeness (QED) is 0.840. The maximum atomic E-state index is 11.7. The van der Waals surface area contributed by atoms with Gasteiger partial charge in [0, 0.05) is 5.69 Å². The van der Waals surface area contributed by atoms with Gasteiger partial charge >= 0.3 is 5.97 Å². The average Bonchev–Trinajstić information content (AvgIpc) is 2.31. The molecule has 0 saturated heterocycles. The van der Waals surface area contributed by atoms with Gasteiger partial charge in [0.05, 0.1) is 0 Å². The highest BCUT2D eigenvalue weighted by molar-refractivity contribution is 6.54. The lowest BCUT2D eigenvalue weighted by atomic mass is 10.1. The molecule has 1 amide bonds. The average molecular weight is 288 g/mol. The number of benzene rings is 1. The van der Waals surface area contributed by atoms with Gasteiger partial charge in [-0.15, -0.1) is 0 Å². The third kappa shape index (κ3) is 3.48. The monoisotopic (exact) mass is 287 g/mol. The number of hydrogen-bond donors (Lipinski definition) is 2. The lowest BCUT2D eigenvalue weighted by Gasteiger charge is -2.09. The number of aryl methyl sites for hydroxylation is 2. The molecule has 1 aromatic rings. The molecular weight excluding hydrogens is 277 g/mol. The van der Waals surface area contributed by atoms with Gasteiger partial charge < -0.3 is 10.4 Å². The summed E-state index contributed by atoms with van der Waals surface area (Å²) in [5.74, 6) is -2.20. The normalized spacial score (nSPS) is 11.8. The molecule has 0 saturated carbocycles. The lowest BCUT2D eigenvalue weighted by Crippen LogP contribution is -2.15. The van der Waals surface area contributed by atoms with Gasteiger partial charge in [0.1, 0.15) is 10.1 Å². The van der Waals surface area contributed by atoms with Crippen molar-refractivity contribution in [1.29, 1.82) is 0 Å². The minimum atomic E-state index is -1.45. The van der Waals surface area contributed by atoms with Crippen LogP contribution < -0.4 is 5.32 Å².